The van der Waals surface area contributed by atoms with Crippen molar-refractivity contribution in [1.82, 2.24) is 4.98 Å². The lowest BCUT2D eigenvalue weighted by molar-refractivity contribution is -0.383. The SMILES string of the molecule is CC(C)CC(C)Nc1ccc([N+](=O)[O-])c2ncccc12. The number of benzene rings is 1. The molecule has 0 amide bonds. The maximum atomic E-state index is 11.0. The normalized spacial score (nSPS) is 12.6. The van der Waals surface area contributed by atoms with E-state index in [0.717, 1.165) is 17.5 Å². The number of anilines is 1. The third kappa shape index (κ3) is 3.04. The van der Waals surface area contributed by atoms with Crippen LogP contribution in [0.5, 0.6) is 0 Å². The van der Waals surface area contributed by atoms with Gasteiger partial charge in [-0.2, -0.15) is 0 Å². The number of fused-ring (bicyclic) bond motifs is 1. The Morgan fingerprint density at radius 2 is 2.05 bits per heavy atom. The maximum Gasteiger partial charge on any atom is 0.295 e. The van der Waals surface area contributed by atoms with Crippen molar-refractivity contribution in [1.29, 1.82) is 0 Å². The van der Waals surface area contributed by atoms with E-state index < -0.39 is 4.92 Å². The maximum absolute atomic E-state index is 11.0. The Balaban J connectivity index is 2.40. The van der Waals surface area contributed by atoms with Crippen LogP contribution >= 0.6 is 0 Å². The molecule has 0 aliphatic carbocycles. The Hall–Kier alpha value is -2.17. The monoisotopic (exact) mass is 273 g/mol. The molecule has 106 valence electrons. The topological polar surface area (TPSA) is 68.1 Å². The standard InChI is InChI=1S/C15H19N3O2/c1-10(2)9-11(3)17-13-6-7-14(18(19)20)15-12(13)5-4-8-16-15/h4-8,10-11,17H,9H2,1-3H3. The number of nitrogens with one attached hydrogen (secondary N) is 1. The third-order valence-electron chi connectivity index (χ3n) is 3.17. The molecule has 0 spiro atoms. The summed E-state index contributed by atoms with van der Waals surface area (Å²) in [7, 11) is 0. The zero-order valence-corrected chi connectivity index (χ0v) is 12.0. The van der Waals surface area contributed by atoms with E-state index in [1.807, 2.05) is 6.07 Å². The molecule has 2 rings (SSSR count). The van der Waals surface area contributed by atoms with Gasteiger partial charge in [0.1, 0.15) is 5.52 Å². The minimum Gasteiger partial charge on any atom is -0.382 e. The van der Waals surface area contributed by atoms with Crippen LogP contribution in [0.1, 0.15) is 27.2 Å². The minimum absolute atomic E-state index is 0.0441. The van der Waals surface area contributed by atoms with Gasteiger partial charge in [0.25, 0.3) is 5.69 Å². The van der Waals surface area contributed by atoms with Gasteiger partial charge in [-0.15, -0.1) is 0 Å². The lowest BCUT2D eigenvalue weighted by Gasteiger charge is -2.18. The van der Waals surface area contributed by atoms with E-state index in [0.29, 0.717) is 17.5 Å². The van der Waals surface area contributed by atoms with Crippen molar-refractivity contribution >= 4 is 22.3 Å². The van der Waals surface area contributed by atoms with Crippen LogP contribution in [-0.4, -0.2) is 15.9 Å². The van der Waals surface area contributed by atoms with Crippen molar-refractivity contribution in [2.45, 2.75) is 33.2 Å². The van der Waals surface area contributed by atoms with Crippen LogP contribution in [0.2, 0.25) is 0 Å². The van der Waals surface area contributed by atoms with Gasteiger partial charge in [0.15, 0.2) is 0 Å². The fourth-order valence-corrected chi connectivity index (χ4v) is 2.46. The quantitative estimate of drug-likeness (QED) is 0.660. The molecule has 5 heteroatoms. The molecule has 5 nitrogen and oxygen atoms in total. The molecule has 1 N–H and O–H groups in total. The van der Waals surface area contributed by atoms with Gasteiger partial charge in [-0.05, 0) is 37.5 Å². The summed E-state index contributed by atoms with van der Waals surface area (Å²) < 4.78 is 0. The van der Waals surface area contributed by atoms with E-state index in [9.17, 15) is 10.1 Å². The van der Waals surface area contributed by atoms with Crippen LogP contribution < -0.4 is 5.32 Å². The van der Waals surface area contributed by atoms with E-state index in [2.05, 4.69) is 31.1 Å². The average molecular weight is 273 g/mol. The number of non-ortho nitro benzene ring substituents is 1. The summed E-state index contributed by atoms with van der Waals surface area (Å²) in [5.41, 5.74) is 1.37. The fourth-order valence-electron chi connectivity index (χ4n) is 2.46. The second-order valence-corrected chi connectivity index (χ2v) is 5.46. The predicted molar refractivity (Wildman–Crippen MR) is 80.9 cm³/mol. The number of nitro groups is 1. The van der Waals surface area contributed by atoms with Gasteiger partial charge in [0.05, 0.1) is 4.92 Å². The molecule has 0 aliphatic rings. The van der Waals surface area contributed by atoms with E-state index in [-0.39, 0.29) is 5.69 Å². The summed E-state index contributed by atoms with van der Waals surface area (Å²) in [6.07, 6.45) is 2.62. The molecule has 20 heavy (non-hydrogen) atoms. The van der Waals surface area contributed by atoms with Gasteiger partial charge < -0.3 is 5.32 Å². The number of hydrogen-bond donors (Lipinski definition) is 1. The van der Waals surface area contributed by atoms with Gasteiger partial charge in [-0.3, -0.25) is 10.1 Å². The lowest BCUT2D eigenvalue weighted by atomic mass is 10.0. The largest absolute Gasteiger partial charge is 0.382 e. The predicted octanol–water partition coefficient (Wildman–Crippen LogP) is 3.99. The summed E-state index contributed by atoms with van der Waals surface area (Å²) in [6.45, 7) is 6.46. The highest BCUT2D eigenvalue weighted by atomic mass is 16.6. The molecule has 1 atom stereocenters. The molecule has 1 aromatic heterocycles. The first-order chi connectivity index (χ1) is 9.49. The molecule has 2 aromatic rings. The molecule has 0 saturated heterocycles. The van der Waals surface area contributed by atoms with Crippen LogP contribution in [0.3, 0.4) is 0 Å². The lowest BCUT2D eigenvalue weighted by Crippen LogP contribution is -2.17. The molecule has 0 fully saturated rings. The average Bonchev–Trinajstić information content (AvgIpc) is 2.37. The Bertz CT molecular complexity index is 626. The Morgan fingerprint density at radius 1 is 1.30 bits per heavy atom. The highest BCUT2D eigenvalue weighted by Gasteiger charge is 2.16. The van der Waals surface area contributed by atoms with Crippen molar-refractivity contribution in [3.05, 3.63) is 40.6 Å². The van der Waals surface area contributed by atoms with E-state index in [1.54, 1.807) is 18.3 Å². The fraction of sp³-hybridized carbons (Fsp3) is 0.400. The number of pyridine rings is 1. The number of hydrogen-bond acceptors (Lipinski definition) is 4. The molecule has 1 aromatic carbocycles. The molecule has 0 saturated carbocycles. The minimum atomic E-state index is -0.392. The summed E-state index contributed by atoms with van der Waals surface area (Å²) in [5, 5.41) is 15.2. The van der Waals surface area contributed by atoms with Crippen LogP contribution in [0.15, 0.2) is 30.5 Å². The van der Waals surface area contributed by atoms with E-state index in [1.165, 1.54) is 6.07 Å². The van der Waals surface area contributed by atoms with Crippen molar-refractivity contribution < 1.29 is 4.92 Å². The van der Waals surface area contributed by atoms with Gasteiger partial charge in [0.2, 0.25) is 0 Å². The third-order valence-corrected chi connectivity index (χ3v) is 3.17. The number of nitrogens with zero attached hydrogens (tertiary/aromatic N) is 2. The molecule has 0 bridgehead atoms. The van der Waals surface area contributed by atoms with Crippen LogP contribution in [0.25, 0.3) is 10.9 Å². The smallest absolute Gasteiger partial charge is 0.295 e. The molecule has 0 aliphatic heterocycles. The summed E-state index contributed by atoms with van der Waals surface area (Å²) in [6, 6.07) is 7.24. The van der Waals surface area contributed by atoms with Crippen molar-refractivity contribution in [2.24, 2.45) is 5.92 Å². The van der Waals surface area contributed by atoms with Crippen LogP contribution in [0.4, 0.5) is 11.4 Å². The van der Waals surface area contributed by atoms with Crippen molar-refractivity contribution in [2.75, 3.05) is 5.32 Å². The molecular weight excluding hydrogens is 254 g/mol. The summed E-state index contributed by atoms with van der Waals surface area (Å²) in [5.74, 6) is 0.597. The van der Waals surface area contributed by atoms with Crippen molar-refractivity contribution in [3.8, 4) is 0 Å². The van der Waals surface area contributed by atoms with Gasteiger partial charge in [-0.25, -0.2) is 4.98 Å². The van der Waals surface area contributed by atoms with Gasteiger partial charge in [0, 0.05) is 29.4 Å². The van der Waals surface area contributed by atoms with Gasteiger partial charge in [-0.1, -0.05) is 13.8 Å². The Labute approximate surface area is 118 Å². The zero-order valence-electron chi connectivity index (χ0n) is 12.0. The number of aromatic nitrogens is 1. The number of nitro benzene ring substituents is 1. The molecular formula is C15H19N3O2. The van der Waals surface area contributed by atoms with Gasteiger partial charge >= 0.3 is 0 Å². The first-order valence-corrected chi connectivity index (χ1v) is 6.77. The van der Waals surface area contributed by atoms with E-state index >= 15 is 0 Å². The first-order valence-electron chi connectivity index (χ1n) is 6.77. The summed E-state index contributed by atoms with van der Waals surface area (Å²) >= 11 is 0. The second kappa shape index (κ2) is 5.86. The Kier molecular flexibility index (Phi) is 4.17. The van der Waals surface area contributed by atoms with Crippen LogP contribution in [0, 0.1) is 16.0 Å². The number of rotatable bonds is 5. The molecule has 1 unspecified atom stereocenters. The first kappa shape index (κ1) is 14.2. The van der Waals surface area contributed by atoms with Crippen LogP contribution in [-0.2, 0) is 0 Å². The second-order valence-electron chi connectivity index (χ2n) is 5.46. The highest BCUT2D eigenvalue weighted by Crippen LogP contribution is 2.30. The summed E-state index contributed by atoms with van der Waals surface area (Å²) in [4.78, 5) is 14.8. The van der Waals surface area contributed by atoms with Crippen molar-refractivity contribution in [3.63, 3.8) is 0 Å². The van der Waals surface area contributed by atoms with E-state index in [4.69, 9.17) is 0 Å². The zero-order chi connectivity index (χ0) is 14.7. The highest BCUT2D eigenvalue weighted by molar-refractivity contribution is 5.96. The Morgan fingerprint density at radius 3 is 2.70 bits per heavy atom. The molecule has 0 radical (unpaired) electrons. The molecule has 1 heterocycles.